The molecule has 2 aromatic rings. The highest BCUT2D eigenvalue weighted by Crippen LogP contribution is 2.30. The lowest BCUT2D eigenvalue weighted by atomic mass is 10.2. The van der Waals surface area contributed by atoms with Crippen LogP contribution in [-0.4, -0.2) is 45.9 Å². The predicted molar refractivity (Wildman–Crippen MR) is 103 cm³/mol. The molecule has 2 aromatic carbocycles. The van der Waals surface area contributed by atoms with Gasteiger partial charge in [-0.05, 0) is 37.3 Å². The minimum Gasteiger partial charge on any atom is -0.486 e. The van der Waals surface area contributed by atoms with Crippen LogP contribution in [0.3, 0.4) is 0 Å². The Morgan fingerprint density at radius 1 is 1.25 bits per heavy atom. The van der Waals surface area contributed by atoms with E-state index in [9.17, 15) is 17.6 Å². The quantitative estimate of drug-likeness (QED) is 0.790. The number of benzene rings is 2. The normalized spacial score (nSPS) is 16.9. The first-order chi connectivity index (χ1) is 13.3. The summed E-state index contributed by atoms with van der Waals surface area (Å²) in [4.78, 5) is 12.6. The topological polar surface area (TPSA) is 84.9 Å². The van der Waals surface area contributed by atoms with Gasteiger partial charge in [0, 0.05) is 0 Å². The number of nitrogens with one attached hydrogen (secondary N) is 1. The van der Waals surface area contributed by atoms with Crippen molar-refractivity contribution in [1.82, 2.24) is 5.32 Å². The van der Waals surface area contributed by atoms with Gasteiger partial charge in [-0.2, -0.15) is 0 Å². The summed E-state index contributed by atoms with van der Waals surface area (Å²) in [6, 6.07) is 11.2. The highest BCUT2D eigenvalue weighted by molar-refractivity contribution is 7.92. The first kappa shape index (κ1) is 19.9. The summed E-state index contributed by atoms with van der Waals surface area (Å²) in [5, 5.41) is 2.68. The van der Waals surface area contributed by atoms with E-state index in [1.165, 1.54) is 25.1 Å². The zero-order chi connectivity index (χ0) is 20.3. The van der Waals surface area contributed by atoms with Crippen LogP contribution in [0, 0.1) is 5.82 Å². The van der Waals surface area contributed by atoms with Gasteiger partial charge in [0.1, 0.15) is 24.6 Å². The van der Waals surface area contributed by atoms with Crippen LogP contribution >= 0.6 is 0 Å². The van der Waals surface area contributed by atoms with Gasteiger partial charge in [-0.3, -0.25) is 9.10 Å². The fourth-order valence-electron chi connectivity index (χ4n) is 2.95. The van der Waals surface area contributed by atoms with Crippen molar-refractivity contribution in [3.05, 3.63) is 54.3 Å². The number of ether oxygens (including phenoxy) is 2. The minimum atomic E-state index is -3.81. The summed E-state index contributed by atoms with van der Waals surface area (Å²) in [7, 11) is -3.81. The van der Waals surface area contributed by atoms with Gasteiger partial charge in [-0.15, -0.1) is 0 Å². The van der Waals surface area contributed by atoms with Gasteiger partial charge in [0.2, 0.25) is 15.9 Å². The van der Waals surface area contributed by atoms with Crippen LogP contribution in [0.1, 0.15) is 6.92 Å². The van der Waals surface area contributed by atoms with E-state index in [0.29, 0.717) is 11.5 Å². The molecule has 0 spiro atoms. The number of fused-ring (bicyclic) bond motifs is 1. The number of halogens is 1. The van der Waals surface area contributed by atoms with Crippen molar-refractivity contribution in [1.29, 1.82) is 0 Å². The second-order valence-electron chi connectivity index (χ2n) is 6.46. The second kappa shape index (κ2) is 8.05. The summed E-state index contributed by atoms with van der Waals surface area (Å²) in [6.45, 7) is 1.83. The van der Waals surface area contributed by atoms with Crippen LogP contribution < -0.4 is 19.1 Å². The molecule has 0 aromatic heterocycles. The molecule has 0 bridgehead atoms. The predicted octanol–water partition coefficient (Wildman–Crippen LogP) is 1.94. The lowest BCUT2D eigenvalue weighted by molar-refractivity contribution is -0.122. The third-order valence-electron chi connectivity index (χ3n) is 4.22. The largest absolute Gasteiger partial charge is 0.486 e. The average molecular weight is 408 g/mol. The van der Waals surface area contributed by atoms with Crippen molar-refractivity contribution in [3.8, 4) is 11.5 Å². The third-order valence-corrected chi connectivity index (χ3v) is 5.46. The number of hydrogen-bond donors (Lipinski definition) is 1. The van der Waals surface area contributed by atoms with Crippen LogP contribution in [0.15, 0.2) is 48.5 Å². The van der Waals surface area contributed by atoms with Gasteiger partial charge in [-0.1, -0.05) is 18.2 Å². The number of nitrogens with zero attached hydrogens (tertiary/aromatic N) is 1. The van der Waals surface area contributed by atoms with Gasteiger partial charge < -0.3 is 14.8 Å². The minimum absolute atomic E-state index is 0.0799. The van der Waals surface area contributed by atoms with Crippen molar-refractivity contribution in [2.24, 2.45) is 0 Å². The molecule has 1 aliphatic heterocycles. The first-order valence-electron chi connectivity index (χ1n) is 8.67. The van der Waals surface area contributed by atoms with Crippen molar-refractivity contribution < 1.29 is 27.1 Å². The van der Waals surface area contributed by atoms with Gasteiger partial charge in [-0.25, -0.2) is 12.8 Å². The molecule has 7 nitrogen and oxygen atoms in total. The molecule has 1 heterocycles. The van der Waals surface area contributed by atoms with E-state index in [1.807, 2.05) is 12.1 Å². The monoisotopic (exact) mass is 408 g/mol. The fraction of sp³-hybridized carbons (Fsp3) is 0.316. The van der Waals surface area contributed by atoms with E-state index in [2.05, 4.69) is 5.32 Å². The maximum absolute atomic E-state index is 13.5. The molecule has 0 fully saturated rings. The Bertz CT molecular complexity index is 966. The molecule has 0 saturated carbocycles. The van der Waals surface area contributed by atoms with E-state index in [-0.39, 0.29) is 18.8 Å². The Balaban J connectivity index is 1.67. The zero-order valence-corrected chi connectivity index (χ0v) is 16.3. The van der Waals surface area contributed by atoms with Crippen LogP contribution in [-0.2, 0) is 14.8 Å². The van der Waals surface area contributed by atoms with Crippen molar-refractivity contribution >= 4 is 21.6 Å². The molecule has 1 N–H and O–H groups in total. The SMILES string of the molecule is C[C@H](C(=O)NC[C@@H]1COc2ccccc2O1)N(c1cccc(F)c1)S(C)(=O)=O. The second-order valence-corrected chi connectivity index (χ2v) is 8.32. The number of para-hydroxylation sites is 2. The number of anilines is 1. The molecule has 0 radical (unpaired) electrons. The van der Waals surface area contributed by atoms with Crippen LogP contribution in [0.25, 0.3) is 0 Å². The van der Waals surface area contributed by atoms with Gasteiger partial charge in [0.05, 0.1) is 18.5 Å². The summed E-state index contributed by atoms with van der Waals surface area (Å²) in [5.74, 6) is 0.0914. The van der Waals surface area contributed by atoms with Crippen LogP contribution in [0.2, 0.25) is 0 Å². The van der Waals surface area contributed by atoms with E-state index in [0.717, 1.165) is 16.6 Å². The number of rotatable bonds is 6. The maximum Gasteiger partial charge on any atom is 0.243 e. The van der Waals surface area contributed by atoms with E-state index >= 15 is 0 Å². The summed E-state index contributed by atoms with van der Waals surface area (Å²) >= 11 is 0. The van der Waals surface area contributed by atoms with Crippen molar-refractivity contribution in [2.75, 3.05) is 23.7 Å². The third kappa shape index (κ3) is 4.53. The maximum atomic E-state index is 13.5. The van der Waals surface area contributed by atoms with Gasteiger partial charge in [0.25, 0.3) is 0 Å². The Hall–Kier alpha value is -2.81. The standard InChI is InChI=1S/C19H21FN2O5S/c1-13(22(28(2,24)25)15-7-5-6-14(20)10-15)19(23)21-11-16-12-26-17-8-3-4-9-18(17)27-16/h3-10,13,16H,11-12H2,1-2H3,(H,21,23)/t13-,16-/m1/s1. The average Bonchev–Trinajstić information content (AvgIpc) is 2.65. The molecule has 0 unspecified atom stereocenters. The number of sulfonamides is 1. The molecule has 9 heteroatoms. The smallest absolute Gasteiger partial charge is 0.243 e. The van der Waals surface area contributed by atoms with E-state index < -0.39 is 33.9 Å². The Morgan fingerprint density at radius 3 is 2.64 bits per heavy atom. The number of carbonyl (C=O) groups excluding carboxylic acids is 1. The molecular weight excluding hydrogens is 387 g/mol. The number of amides is 1. The molecule has 1 amide bonds. The van der Waals surface area contributed by atoms with Gasteiger partial charge in [0.15, 0.2) is 11.5 Å². The van der Waals surface area contributed by atoms with Crippen molar-refractivity contribution in [3.63, 3.8) is 0 Å². The lowest BCUT2D eigenvalue weighted by Gasteiger charge is -2.30. The molecule has 150 valence electrons. The van der Waals surface area contributed by atoms with Crippen LogP contribution in [0.4, 0.5) is 10.1 Å². The molecule has 0 saturated heterocycles. The Morgan fingerprint density at radius 2 is 1.96 bits per heavy atom. The number of hydrogen-bond acceptors (Lipinski definition) is 5. The highest BCUT2D eigenvalue weighted by Gasteiger charge is 2.30. The molecular formula is C19H21FN2O5S. The molecule has 0 aliphatic carbocycles. The van der Waals surface area contributed by atoms with Crippen LogP contribution in [0.5, 0.6) is 11.5 Å². The molecule has 1 aliphatic rings. The summed E-state index contributed by atoms with van der Waals surface area (Å²) in [6.07, 6.45) is 0.559. The van der Waals surface area contributed by atoms with Gasteiger partial charge >= 0.3 is 0 Å². The molecule has 3 rings (SSSR count). The highest BCUT2D eigenvalue weighted by atomic mass is 32.2. The molecule has 28 heavy (non-hydrogen) atoms. The lowest BCUT2D eigenvalue weighted by Crippen LogP contribution is -2.50. The van der Waals surface area contributed by atoms with E-state index in [1.54, 1.807) is 12.1 Å². The Kier molecular flexibility index (Phi) is 5.73. The first-order valence-corrected chi connectivity index (χ1v) is 10.5. The fourth-order valence-corrected chi connectivity index (χ4v) is 4.11. The van der Waals surface area contributed by atoms with Crippen molar-refractivity contribution in [2.45, 2.75) is 19.1 Å². The summed E-state index contributed by atoms with van der Waals surface area (Å²) < 4.78 is 50.2. The van der Waals surface area contributed by atoms with E-state index in [4.69, 9.17) is 9.47 Å². The molecule has 2 atom stereocenters. The summed E-state index contributed by atoms with van der Waals surface area (Å²) in [5.41, 5.74) is 0.0799. The Labute approximate surface area is 163 Å². The number of carbonyl (C=O) groups is 1. The zero-order valence-electron chi connectivity index (χ0n) is 15.5.